The van der Waals surface area contributed by atoms with Crippen LogP contribution in [0.4, 0.5) is 15.8 Å². The van der Waals surface area contributed by atoms with E-state index in [0.29, 0.717) is 16.8 Å². The van der Waals surface area contributed by atoms with Gasteiger partial charge in [-0.1, -0.05) is 11.6 Å². The molecule has 5 heterocycles. The molecule has 3 fully saturated rings. The van der Waals surface area contributed by atoms with Crippen molar-refractivity contribution in [3.63, 3.8) is 0 Å². The molecule has 5 rings (SSSR count). The molecule has 0 spiro atoms. The number of fused-ring (bicyclic) bond motifs is 1. The number of carbonyl (C=O) groups is 1. The van der Waals surface area contributed by atoms with Crippen LogP contribution >= 0.6 is 11.6 Å². The monoisotopic (exact) mass is 466 g/mol. The lowest BCUT2D eigenvalue weighted by Gasteiger charge is -2.39. The molecule has 4 atom stereocenters. The van der Waals surface area contributed by atoms with Crippen LogP contribution in [0.25, 0.3) is 0 Å². The third kappa shape index (κ3) is 4.16. The Labute approximate surface area is 190 Å². The van der Waals surface area contributed by atoms with Gasteiger partial charge >= 0.3 is 0 Å². The largest absolute Gasteiger partial charge is 0.380 e. The average molecular weight is 467 g/mol. The summed E-state index contributed by atoms with van der Waals surface area (Å²) in [5, 5.41) is 7.97. The van der Waals surface area contributed by atoms with Gasteiger partial charge < -0.3 is 26.0 Å². The smallest absolute Gasteiger partial charge is 0.234 e. The maximum Gasteiger partial charge on any atom is 0.234 e. The molecule has 0 radical (unpaired) electrons. The van der Waals surface area contributed by atoms with Crippen LogP contribution < -0.4 is 26.7 Å². The van der Waals surface area contributed by atoms with Gasteiger partial charge in [-0.05, 0) is 6.42 Å². The summed E-state index contributed by atoms with van der Waals surface area (Å²) in [5.74, 6) is -1.25. The van der Waals surface area contributed by atoms with E-state index in [1.807, 2.05) is 0 Å². The average Bonchev–Trinajstić information content (AvgIpc) is 3.41. The minimum Gasteiger partial charge on any atom is -0.380 e. The minimum absolute atomic E-state index is 0.0510. The number of aromatic nitrogens is 1. The molecular weight excluding hydrogens is 439 g/mol. The molecule has 10 nitrogen and oxygen atoms in total. The third-order valence-electron chi connectivity index (χ3n) is 6.60. The highest BCUT2D eigenvalue weighted by Gasteiger charge is 2.46. The Balaban J connectivity index is 1.30. The Hall–Kier alpha value is -2.02. The van der Waals surface area contributed by atoms with Gasteiger partial charge in [0.25, 0.3) is 0 Å². The lowest BCUT2D eigenvalue weighted by Crippen LogP contribution is -2.51. The van der Waals surface area contributed by atoms with Gasteiger partial charge in [0.05, 0.1) is 41.9 Å². The fourth-order valence-corrected chi connectivity index (χ4v) is 5.23. The Morgan fingerprint density at radius 3 is 2.88 bits per heavy atom. The quantitative estimate of drug-likeness (QED) is 0.489. The first-order chi connectivity index (χ1) is 15.5. The highest BCUT2D eigenvalue weighted by Crippen LogP contribution is 2.35. The van der Waals surface area contributed by atoms with Crippen molar-refractivity contribution in [1.29, 1.82) is 0 Å². The number of amides is 1. The first kappa shape index (κ1) is 21.8. The number of piperazine rings is 1. The maximum atomic E-state index is 13.6. The van der Waals surface area contributed by atoms with Crippen LogP contribution in [0.1, 0.15) is 6.42 Å². The Bertz CT molecular complexity index is 890. The first-order valence-electron chi connectivity index (χ1n) is 10.9. The van der Waals surface area contributed by atoms with Crippen molar-refractivity contribution in [1.82, 2.24) is 25.6 Å². The maximum absolute atomic E-state index is 13.6. The van der Waals surface area contributed by atoms with Gasteiger partial charge in [0.1, 0.15) is 17.9 Å². The topological polar surface area (TPSA) is 111 Å². The van der Waals surface area contributed by atoms with Gasteiger partial charge in [-0.25, -0.2) is 14.8 Å². The molecule has 0 aliphatic carbocycles. The van der Waals surface area contributed by atoms with E-state index in [9.17, 15) is 9.18 Å². The second kappa shape index (κ2) is 9.08. The van der Waals surface area contributed by atoms with Crippen molar-refractivity contribution in [2.45, 2.75) is 24.8 Å². The number of hydrogen-bond acceptors (Lipinski definition) is 9. The number of halogens is 2. The molecule has 32 heavy (non-hydrogen) atoms. The molecule has 1 aromatic heterocycles. The molecule has 0 saturated carbocycles. The van der Waals surface area contributed by atoms with Crippen molar-refractivity contribution in [3.8, 4) is 0 Å². The number of pyridine rings is 1. The van der Waals surface area contributed by atoms with Crippen LogP contribution in [0.15, 0.2) is 24.4 Å². The number of ether oxygens (including phenoxy) is 1. The number of carbonyl (C=O) groups excluding carboxylic acids is 1. The molecule has 4 unspecified atom stereocenters. The number of nitrogens with one attached hydrogen (secondary N) is 3. The fraction of sp³-hybridized carbons (Fsp3) is 0.600. The summed E-state index contributed by atoms with van der Waals surface area (Å²) in [7, 11) is 0. The summed E-state index contributed by atoms with van der Waals surface area (Å²) in [5.41, 5.74) is 10.4. The van der Waals surface area contributed by atoms with Gasteiger partial charge in [0, 0.05) is 51.2 Å². The van der Waals surface area contributed by atoms with Crippen molar-refractivity contribution < 1.29 is 13.9 Å². The molecule has 0 aromatic carbocycles. The molecule has 174 valence electrons. The summed E-state index contributed by atoms with van der Waals surface area (Å²) < 4.78 is 19.1. The Morgan fingerprint density at radius 2 is 2.12 bits per heavy atom. The predicted octanol–water partition coefficient (Wildman–Crippen LogP) is 0.0458. The fourth-order valence-electron chi connectivity index (χ4n) is 4.95. The van der Waals surface area contributed by atoms with E-state index in [1.54, 1.807) is 17.4 Å². The zero-order valence-corrected chi connectivity index (χ0v) is 18.4. The second-order valence-electron chi connectivity index (χ2n) is 8.56. The summed E-state index contributed by atoms with van der Waals surface area (Å²) in [6, 6.07) is 0.477. The SMILES string of the molecule is NC1NN2CC(F)=CNC2C1C(=O)Nc1cncc(Cl)c1N1CCN(C2CCOC2)CC1. The van der Waals surface area contributed by atoms with E-state index in [1.165, 1.54) is 6.20 Å². The molecule has 5 N–H and O–H groups in total. The molecule has 12 heteroatoms. The van der Waals surface area contributed by atoms with E-state index in [4.69, 9.17) is 22.1 Å². The lowest BCUT2D eigenvalue weighted by atomic mass is 10.0. The molecule has 1 aromatic rings. The second-order valence-corrected chi connectivity index (χ2v) is 8.97. The molecule has 3 saturated heterocycles. The van der Waals surface area contributed by atoms with Crippen LogP contribution in [0, 0.1) is 5.92 Å². The van der Waals surface area contributed by atoms with Gasteiger partial charge in [-0.3, -0.25) is 14.7 Å². The van der Waals surface area contributed by atoms with E-state index in [0.717, 1.165) is 51.5 Å². The van der Waals surface area contributed by atoms with Crippen LogP contribution in [-0.4, -0.2) is 85.1 Å². The van der Waals surface area contributed by atoms with Gasteiger partial charge in [0.2, 0.25) is 5.91 Å². The summed E-state index contributed by atoms with van der Waals surface area (Å²) >= 11 is 6.53. The molecule has 4 aliphatic heterocycles. The summed E-state index contributed by atoms with van der Waals surface area (Å²) in [4.78, 5) is 22.0. The van der Waals surface area contributed by atoms with Crippen LogP contribution in [0.2, 0.25) is 5.02 Å². The van der Waals surface area contributed by atoms with Crippen LogP contribution in [0.3, 0.4) is 0 Å². The highest BCUT2D eigenvalue weighted by atomic mass is 35.5. The van der Waals surface area contributed by atoms with E-state index in [2.05, 4.69) is 30.8 Å². The Kier molecular flexibility index (Phi) is 6.19. The lowest BCUT2D eigenvalue weighted by molar-refractivity contribution is -0.121. The first-order valence-corrected chi connectivity index (χ1v) is 11.3. The number of rotatable bonds is 4. The molecular formula is C20H28ClFN8O2. The third-order valence-corrected chi connectivity index (χ3v) is 6.87. The van der Waals surface area contributed by atoms with Crippen LogP contribution in [-0.2, 0) is 9.53 Å². The number of nitrogens with zero attached hydrogens (tertiary/aromatic N) is 4. The van der Waals surface area contributed by atoms with Gasteiger partial charge in [0.15, 0.2) is 0 Å². The highest BCUT2D eigenvalue weighted by molar-refractivity contribution is 6.34. The number of hydrazine groups is 1. The van der Waals surface area contributed by atoms with Crippen molar-refractivity contribution in [2.75, 3.05) is 56.2 Å². The minimum atomic E-state index is -0.653. The van der Waals surface area contributed by atoms with Gasteiger partial charge in [-0.2, -0.15) is 0 Å². The predicted molar refractivity (Wildman–Crippen MR) is 118 cm³/mol. The van der Waals surface area contributed by atoms with E-state index < -0.39 is 18.2 Å². The number of anilines is 2. The van der Waals surface area contributed by atoms with Crippen molar-refractivity contribution >= 4 is 28.9 Å². The number of nitrogens with two attached hydrogens (primary N) is 1. The zero-order valence-electron chi connectivity index (χ0n) is 17.6. The standard InChI is InChI=1S/C20H28ClFN8O2/c21-14-8-24-9-15(17(14)29-4-2-28(3-5-29)13-1-6-32-11-13)26-20(31)16-18(23)27-30-10-12(22)7-25-19(16)30/h7-9,13,16,18-19,25,27H,1-6,10-11,23H2,(H,26,31). The molecule has 0 bridgehead atoms. The zero-order chi connectivity index (χ0) is 22.2. The van der Waals surface area contributed by atoms with E-state index >= 15 is 0 Å². The normalized spacial score (nSPS) is 31.2. The summed E-state index contributed by atoms with van der Waals surface area (Å²) in [6.07, 6.45) is 4.44. The molecule has 4 aliphatic rings. The van der Waals surface area contributed by atoms with Crippen molar-refractivity contribution in [3.05, 3.63) is 29.4 Å². The molecule has 1 amide bonds. The summed E-state index contributed by atoms with van der Waals surface area (Å²) in [6.45, 7) is 5.04. The van der Waals surface area contributed by atoms with E-state index in [-0.39, 0.29) is 18.3 Å². The number of hydrogen-bond donors (Lipinski definition) is 4. The van der Waals surface area contributed by atoms with Crippen molar-refractivity contribution in [2.24, 2.45) is 11.7 Å². The van der Waals surface area contributed by atoms with Crippen LogP contribution in [0.5, 0.6) is 0 Å². The van der Waals surface area contributed by atoms with Gasteiger partial charge in [-0.15, -0.1) is 0 Å². The Morgan fingerprint density at radius 1 is 1.31 bits per heavy atom.